The summed E-state index contributed by atoms with van der Waals surface area (Å²) in [4.78, 5) is 40.8. The molecular formula is C22H33N3O3. The number of rotatable bonds is 5. The van der Waals surface area contributed by atoms with Crippen LogP contribution in [0.4, 0.5) is 5.69 Å². The molecule has 1 aromatic rings. The van der Waals surface area contributed by atoms with Crippen LogP contribution < -0.4 is 5.32 Å². The van der Waals surface area contributed by atoms with Gasteiger partial charge in [-0.05, 0) is 30.9 Å². The second-order valence-corrected chi connectivity index (χ2v) is 8.57. The first-order valence-corrected chi connectivity index (χ1v) is 10.1. The van der Waals surface area contributed by atoms with Gasteiger partial charge in [0.2, 0.25) is 17.7 Å². The van der Waals surface area contributed by atoms with Gasteiger partial charge >= 0.3 is 0 Å². The van der Waals surface area contributed by atoms with Crippen molar-refractivity contribution < 1.29 is 14.4 Å². The number of hydrogen-bond donors (Lipinski definition) is 1. The number of para-hydroxylation sites is 1. The molecule has 3 amide bonds. The SMILES string of the molecule is CCc1ccccc1NC(=O)CN(C)C(=O)C1CCN(C(=O)C(C)(C)C)CC1. The summed E-state index contributed by atoms with van der Waals surface area (Å²) in [5, 5.41) is 2.90. The van der Waals surface area contributed by atoms with Crippen LogP contribution in [0.1, 0.15) is 46.1 Å². The molecule has 1 aliphatic heterocycles. The molecule has 28 heavy (non-hydrogen) atoms. The molecule has 0 aromatic heterocycles. The molecule has 1 heterocycles. The Bertz CT molecular complexity index is 716. The minimum absolute atomic E-state index is 0.0258. The molecule has 0 bridgehead atoms. The summed E-state index contributed by atoms with van der Waals surface area (Å²) in [6.45, 7) is 8.99. The van der Waals surface area contributed by atoms with Crippen molar-refractivity contribution in [3.8, 4) is 0 Å². The Hall–Kier alpha value is -2.37. The van der Waals surface area contributed by atoms with E-state index in [2.05, 4.69) is 5.32 Å². The zero-order valence-corrected chi connectivity index (χ0v) is 17.7. The number of piperidine rings is 1. The van der Waals surface area contributed by atoms with Crippen molar-refractivity contribution in [2.75, 3.05) is 32.0 Å². The fraction of sp³-hybridized carbons (Fsp3) is 0.591. The van der Waals surface area contributed by atoms with E-state index in [0.29, 0.717) is 25.9 Å². The molecule has 6 heteroatoms. The predicted octanol–water partition coefficient (Wildman–Crippen LogP) is 2.93. The van der Waals surface area contributed by atoms with Gasteiger partial charge in [0, 0.05) is 37.2 Å². The molecule has 2 rings (SSSR count). The van der Waals surface area contributed by atoms with Gasteiger partial charge in [0.1, 0.15) is 0 Å². The molecule has 0 radical (unpaired) electrons. The topological polar surface area (TPSA) is 69.7 Å². The third kappa shape index (κ3) is 5.57. The van der Waals surface area contributed by atoms with Crippen molar-refractivity contribution in [1.82, 2.24) is 9.80 Å². The second kappa shape index (κ2) is 9.22. The lowest BCUT2D eigenvalue weighted by molar-refractivity contribution is -0.144. The second-order valence-electron chi connectivity index (χ2n) is 8.57. The van der Waals surface area contributed by atoms with Gasteiger partial charge in [-0.25, -0.2) is 0 Å². The van der Waals surface area contributed by atoms with E-state index in [1.807, 2.05) is 56.9 Å². The maximum absolute atomic E-state index is 12.7. The zero-order chi connectivity index (χ0) is 20.9. The van der Waals surface area contributed by atoms with Gasteiger partial charge in [-0.1, -0.05) is 45.9 Å². The smallest absolute Gasteiger partial charge is 0.243 e. The third-order valence-electron chi connectivity index (χ3n) is 5.20. The maximum Gasteiger partial charge on any atom is 0.243 e. The van der Waals surface area contributed by atoms with Crippen molar-refractivity contribution >= 4 is 23.4 Å². The van der Waals surface area contributed by atoms with Crippen LogP contribution >= 0.6 is 0 Å². The minimum atomic E-state index is -0.402. The van der Waals surface area contributed by atoms with Crippen molar-refractivity contribution in [1.29, 1.82) is 0 Å². The Balaban J connectivity index is 1.86. The number of likely N-dealkylation sites (tertiary alicyclic amines) is 1. The van der Waals surface area contributed by atoms with Crippen LogP contribution in [0, 0.1) is 11.3 Å². The summed E-state index contributed by atoms with van der Waals surface area (Å²) >= 11 is 0. The molecule has 0 saturated carbocycles. The number of amides is 3. The molecule has 154 valence electrons. The Morgan fingerprint density at radius 1 is 1.14 bits per heavy atom. The highest BCUT2D eigenvalue weighted by Crippen LogP contribution is 2.24. The Morgan fingerprint density at radius 2 is 1.75 bits per heavy atom. The maximum atomic E-state index is 12.7. The molecule has 6 nitrogen and oxygen atoms in total. The van der Waals surface area contributed by atoms with Crippen molar-refractivity contribution in [3.05, 3.63) is 29.8 Å². The first kappa shape index (κ1) is 21.9. The van der Waals surface area contributed by atoms with E-state index in [4.69, 9.17) is 0 Å². The Labute approximate surface area is 168 Å². The number of carbonyl (C=O) groups is 3. The van der Waals surface area contributed by atoms with Crippen LogP contribution in [-0.4, -0.2) is 54.2 Å². The molecular weight excluding hydrogens is 354 g/mol. The summed E-state index contributed by atoms with van der Waals surface area (Å²) in [5.74, 6) is -0.232. The van der Waals surface area contributed by atoms with E-state index in [9.17, 15) is 14.4 Å². The van der Waals surface area contributed by atoms with E-state index < -0.39 is 5.41 Å². The van der Waals surface area contributed by atoms with Crippen LogP contribution in [0.3, 0.4) is 0 Å². The highest BCUT2D eigenvalue weighted by Gasteiger charge is 2.33. The standard InChI is InChI=1S/C22H33N3O3/c1-6-16-9-7-8-10-18(16)23-19(26)15-24(5)20(27)17-11-13-25(14-12-17)21(28)22(2,3)4/h7-10,17H,6,11-15H2,1-5H3,(H,23,26). The fourth-order valence-electron chi connectivity index (χ4n) is 3.55. The summed E-state index contributed by atoms with van der Waals surface area (Å²) in [5.41, 5.74) is 1.46. The minimum Gasteiger partial charge on any atom is -0.342 e. The first-order chi connectivity index (χ1) is 13.1. The highest BCUT2D eigenvalue weighted by molar-refractivity contribution is 5.95. The van der Waals surface area contributed by atoms with Gasteiger partial charge in [0.25, 0.3) is 0 Å². The van der Waals surface area contributed by atoms with Gasteiger partial charge in [0.05, 0.1) is 6.54 Å². The van der Waals surface area contributed by atoms with E-state index in [1.54, 1.807) is 7.05 Å². The van der Waals surface area contributed by atoms with E-state index in [0.717, 1.165) is 17.7 Å². The number of hydrogen-bond acceptors (Lipinski definition) is 3. The lowest BCUT2D eigenvalue weighted by Gasteiger charge is -2.36. The third-order valence-corrected chi connectivity index (χ3v) is 5.20. The zero-order valence-electron chi connectivity index (χ0n) is 17.7. The molecule has 1 aromatic carbocycles. The molecule has 1 N–H and O–H groups in total. The Kier molecular flexibility index (Phi) is 7.22. The van der Waals surface area contributed by atoms with Crippen molar-refractivity contribution in [2.45, 2.75) is 47.0 Å². The number of likely N-dealkylation sites (N-methyl/N-ethyl adjacent to an activating group) is 1. The highest BCUT2D eigenvalue weighted by atomic mass is 16.2. The van der Waals surface area contributed by atoms with Gasteiger partial charge < -0.3 is 15.1 Å². The number of anilines is 1. The summed E-state index contributed by atoms with van der Waals surface area (Å²) in [6, 6.07) is 7.69. The molecule has 0 unspecified atom stereocenters. The van der Waals surface area contributed by atoms with Crippen LogP contribution in [0.5, 0.6) is 0 Å². The van der Waals surface area contributed by atoms with Crippen LogP contribution in [0.25, 0.3) is 0 Å². The van der Waals surface area contributed by atoms with Crippen LogP contribution in [0.2, 0.25) is 0 Å². The quantitative estimate of drug-likeness (QED) is 0.844. The Morgan fingerprint density at radius 3 is 2.32 bits per heavy atom. The monoisotopic (exact) mass is 387 g/mol. The van der Waals surface area contributed by atoms with Gasteiger partial charge in [0.15, 0.2) is 0 Å². The van der Waals surface area contributed by atoms with Crippen LogP contribution in [-0.2, 0) is 20.8 Å². The average molecular weight is 388 g/mol. The number of nitrogens with zero attached hydrogens (tertiary/aromatic N) is 2. The van der Waals surface area contributed by atoms with Crippen LogP contribution in [0.15, 0.2) is 24.3 Å². The van der Waals surface area contributed by atoms with E-state index in [-0.39, 0.29) is 30.2 Å². The summed E-state index contributed by atoms with van der Waals surface area (Å²) in [6.07, 6.45) is 2.12. The largest absolute Gasteiger partial charge is 0.342 e. The van der Waals surface area contributed by atoms with Crippen molar-refractivity contribution in [3.63, 3.8) is 0 Å². The van der Waals surface area contributed by atoms with E-state index >= 15 is 0 Å². The van der Waals surface area contributed by atoms with Gasteiger partial charge in [-0.2, -0.15) is 0 Å². The average Bonchev–Trinajstić information content (AvgIpc) is 2.66. The van der Waals surface area contributed by atoms with Crippen molar-refractivity contribution in [2.24, 2.45) is 11.3 Å². The number of nitrogens with one attached hydrogen (secondary N) is 1. The number of carbonyl (C=O) groups excluding carboxylic acids is 3. The van der Waals surface area contributed by atoms with E-state index in [1.165, 1.54) is 4.90 Å². The normalized spacial score (nSPS) is 15.2. The molecule has 1 saturated heterocycles. The lowest BCUT2D eigenvalue weighted by Crippen LogP contribution is -2.47. The van der Waals surface area contributed by atoms with Gasteiger partial charge in [-0.3, -0.25) is 14.4 Å². The molecule has 1 fully saturated rings. The summed E-state index contributed by atoms with van der Waals surface area (Å²) < 4.78 is 0. The molecule has 0 atom stereocenters. The molecule has 1 aliphatic rings. The fourth-order valence-corrected chi connectivity index (χ4v) is 3.55. The predicted molar refractivity (Wildman–Crippen MR) is 111 cm³/mol. The number of aryl methyl sites for hydroxylation is 1. The lowest BCUT2D eigenvalue weighted by atomic mass is 9.90. The molecule has 0 aliphatic carbocycles. The first-order valence-electron chi connectivity index (χ1n) is 10.1. The number of benzene rings is 1. The molecule has 0 spiro atoms. The summed E-state index contributed by atoms with van der Waals surface area (Å²) in [7, 11) is 1.67. The van der Waals surface area contributed by atoms with Gasteiger partial charge in [-0.15, -0.1) is 0 Å².